The minimum Gasteiger partial charge on any atom is -0.550 e. The van der Waals surface area contributed by atoms with Crippen molar-refractivity contribution in [3.63, 3.8) is 0 Å². The fraction of sp³-hybridized carbons (Fsp3) is 0.600. The van der Waals surface area contributed by atoms with E-state index >= 15 is 0 Å². The molecule has 0 N–H and O–H groups in total. The second-order valence-corrected chi connectivity index (χ2v) is 4.28. The fourth-order valence-corrected chi connectivity index (χ4v) is 1.55. The fourth-order valence-electron chi connectivity index (χ4n) is 1.55. The summed E-state index contributed by atoms with van der Waals surface area (Å²) in [5.41, 5.74) is 0.263. The first-order chi connectivity index (χ1) is 8.90. The molecule has 0 bridgehead atoms. The second-order valence-electron chi connectivity index (χ2n) is 4.28. The Balaban J connectivity index is 0. The molecule has 0 aromatic heterocycles. The first-order valence-corrected chi connectivity index (χ1v) is 6.61. The molecule has 4 heteroatoms. The molecule has 0 aliphatic rings. The molecular formula is C15H24O4-2. The normalized spacial score (nSPS) is 10.8. The number of hydrogen-bond donors (Lipinski definition) is 0. The molecule has 0 fully saturated rings. The van der Waals surface area contributed by atoms with Gasteiger partial charge in [0.1, 0.15) is 0 Å². The van der Waals surface area contributed by atoms with Crippen LogP contribution in [0.25, 0.3) is 0 Å². The summed E-state index contributed by atoms with van der Waals surface area (Å²) in [7, 11) is 0. The van der Waals surface area contributed by atoms with Crippen LogP contribution in [0.3, 0.4) is 0 Å². The molecule has 4 nitrogen and oxygen atoms in total. The van der Waals surface area contributed by atoms with E-state index in [0.29, 0.717) is 0 Å². The lowest BCUT2D eigenvalue weighted by molar-refractivity contribution is -0.304. The highest BCUT2D eigenvalue weighted by atomic mass is 16.4. The predicted molar refractivity (Wildman–Crippen MR) is 71.9 cm³/mol. The van der Waals surface area contributed by atoms with Crippen molar-refractivity contribution >= 4 is 11.9 Å². The van der Waals surface area contributed by atoms with Gasteiger partial charge in [-0.1, -0.05) is 45.8 Å². The Morgan fingerprint density at radius 2 is 1.79 bits per heavy atom. The van der Waals surface area contributed by atoms with Gasteiger partial charge in [-0.3, -0.25) is 0 Å². The maximum Gasteiger partial charge on any atom is 0.0671 e. The third-order valence-electron chi connectivity index (χ3n) is 2.71. The zero-order valence-corrected chi connectivity index (χ0v) is 11.9. The van der Waals surface area contributed by atoms with Crippen LogP contribution in [0.2, 0.25) is 0 Å². The van der Waals surface area contributed by atoms with Crippen LogP contribution in [0.15, 0.2) is 24.8 Å². The number of hydrogen-bond acceptors (Lipinski definition) is 4. The quantitative estimate of drug-likeness (QED) is 0.357. The molecule has 0 rings (SSSR count). The van der Waals surface area contributed by atoms with Gasteiger partial charge in [0.25, 0.3) is 0 Å². The average Bonchev–Trinajstić information content (AvgIpc) is 2.34. The number of carboxylic acid groups (broad SMARTS) is 2. The smallest absolute Gasteiger partial charge is 0.0671 e. The third-order valence-corrected chi connectivity index (χ3v) is 2.71. The number of unbranched alkanes of at least 4 members (excludes halogenated alkanes) is 2. The molecule has 0 amide bonds. The van der Waals surface area contributed by atoms with Crippen LogP contribution >= 0.6 is 0 Å². The summed E-state index contributed by atoms with van der Waals surface area (Å²) in [6, 6.07) is 0. The monoisotopic (exact) mass is 268 g/mol. The predicted octanol–water partition coefficient (Wildman–Crippen LogP) is 1.21. The van der Waals surface area contributed by atoms with Gasteiger partial charge in [0, 0.05) is 12.4 Å². The lowest BCUT2D eigenvalue weighted by atomic mass is 9.92. The van der Waals surface area contributed by atoms with Crippen LogP contribution < -0.4 is 10.2 Å². The molecule has 0 aromatic carbocycles. The van der Waals surface area contributed by atoms with Crippen molar-refractivity contribution in [3.8, 4) is 0 Å². The van der Waals surface area contributed by atoms with E-state index in [9.17, 15) is 19.8 Å². The zero-order valence-electron chi connectivity index (χ0n) is 11.9. The minimum atomic E-state index is -1.09. The molecule has 0 radical (unpaired) electrons. The van der Waals surface area contributed by atoms with Crippen LogP contribution in [0, 0.1) is 5.92 Å². The molecule has 0 heterocycles. The first-order valence-electron chi connectivity index (χ1n) is 6.61. The summed E-state index contributed by atoms with van der Waals surface area (Å²) < 4.78 is 0. The maximum absolute atomic E-state index is 10.5. The lowest BCUT2D eigenvalue weighted by Crippen LogP contribution is -2.27. The van der Waals surface area contributed by atoms with Gasteiger partial charge in [-0.2, -0.15) is 0 Å². The van der Waals surface area contributed by atoms with E-state index in [2.05, 4.69) is 20.1 Å². The van der Waals surface area contributed by atoms with Gasteiger partial charge in [0.15, 0.2) is 0 Å². The van der Waals surface area contributed by atoms with Crippen molar-refractivity contribution in [2.24, 2.45) is 5.92 Å². The van der Waals surface area contributed by atoms with E-state index < -0.39 is 11.9 Å². The first kappa shape index (κ1) is 19.8. The molecule has 0 aliphatic carbocycles. The van der Waals surface area contributed by atoms with E-state index in [1.165, 1.54) is 6.08 Å². The van der Waals surface area contributed by atoms with Crippen molar-refractivity contribution < 1.29 is 19.8 Å². The largest absolute Gasteiger partial charge is 0.550 e. The van der Waals surface area contributed by atoms with Crippen molar-refractivity contribution in [2.45, 2.75) is 52.4 Å². The van der Waals surface area contributed by atoms with Crippen molar-refractivity contribution in [1.82, 2.24) is 0 Å². The standard InChI is InChI=1S/C11H20O2.C4H6O2/c1-4-6-7-8-10(5-2)9(3)11(12)13;1-2-3-4(5)6/h10H,3-8H2,1-2H3,(H,12,13);2H,1,3H2,(H,5,6)/p-2. The zero-order chi connectivity index (χ0) is 15.3. The van der Waals surface area contributed by atoms with Crippen molar-refractivity contribution in [1.29, 1.82) is 0 Å². The minimum absolute atomic E-state index is 0.0556. The summed E-state index contributed by atoms with van der Waals surface area (Å²) >= 11 is 0. The summed E-state index contributed by atoms with van der Waals surface area (Å²) in [5.74, 6) is -2.06. The van der Waals surface area contributed by atoms with E-state index in [-0.39, 0.29) is 17.9 Å². The van der Waals surface area contributed by atoms with E-state index in [1.54, 1.807) is 0 Å². The number of rotatable bonds is 9. The van der Waals surface area contributed by atoms with Crippen LogP contribution in [0.4, 0.5) is 0 Å². The maximum atomic E-state index is 10.5. The molecule has 0 saturated carbocycles. The molecule has 19 heavy (non-hydrogen) atoms. The van der Waals surface area contributed by atoms with Gasteiger partial charge >= 0.3 is 0 Å². The van der Waals surface area contributed by atoms with Gasteiger partial charge in [0.2, 0.25) is 0 Å². The Morgan fingerprint density at radius 3 is 2.05 bits per heavy atom. The van der Waals surface area contributed by atoms with Crippen molar-refractivity contribution in [3.05, 3.63) is 24.8 Å². The molecule has 110 valence electrons. The molecule has 1 unspecified atom stereocenters. The Bertz CT molecular complexity index is 295. The second kappa shape index (κ2) is 12.9. The molecule has 0 aliphatic heterocycles. The Hall–Kier alpha value is -1.58. The number of carbonyl (C=O) groups excluding carboxylic acids is 2. The number of aliphatic carboxylic acids is 2. The van der Waals surface area contributed by atoms with Gasteiger partial charge in [-0.25, -0.2) is 0 Å². The average molecular weight is 268 g/mol. The molecule has 0 spiro atoms. The molecule has 0 aromatic rings. The highest BCUT2D eigenvalue weighted by Gasteiger charge is 2.10. The summed E-state index contributed by atoms with van der Waals surface area (Å²) in [6.07, 6.45) is 6.41. The topological polar surface area (TPSA) is 80.3 Å². The molecule has 1 atom stereocenters. The summed E-state index contributed by atoms with van der Waals surface area (Å²) in [6.45, 7) is 10.8. The molecule has 0 saturated heterocycles. The van der Waals surface area contributed by atoms with E-state index in [1.807, 2.05) is 6.92 Å². The highest BCUT2D eigenvalue weighted by molar-refractivity contribution is 5.84. The van der Waals surface area contributed by atoms with Gasteiger partial charge in [-0.05, 0) is 24.3 Å². The third kappa shape index (κ3) is 12.7. The van der Waals surface area contributed by atoms with Gasteiger partial charge in [0.05, 0.1) is 5.97 Å². The van der Waals surface area contributed by atoms with Crippen LogP contribution in [0.1, 0.15) is 52.4 Å². The van der Waals surface area contributed by atoms with E-state index in [0.717, 1.165) is 32.1 Å². The Kier molecular flexibility index (Phi) is 13.4. The van der Waals surface area contributed by atoms with Gasteiger partial charge < -0.3 is 19.8 Å². The number of carboxylic acids is 2. The lowest BCUT2D eigenvalue weighted by Gasteiger charge is -2.18. The van der Waals surface area contributed by atoms with Gasteiger partial charge in [-0.15, -0.1) is 6.58 Å². The Labute approximate surface area is 115 Å². The van der Waals surface area contributed by atoms with Crippen LogP contribution in [-0.2, 0) is 9.59 Å². The van der Waals surface area contributed by atoms with Crippen LogP contribution in [0.5, 0.6) is 0 Å². The number of carbonyl (C=O) groups is 2. The van der Waals surface area contributed by atoms with Crippen LogP contribution in [-0.4, -0.2) is 11.9 Å². The molecular weight excluding hydrogens is 244 g/mol. The van der Waals surface area contributed by atoms with E-state index in [4.69, 9.17) is 0 Å². The summed E-state index contributed by atoms with van der Waals surface area (Å²) in [5, 5.41) is 19.9. The highest BCUT2D eigenvalue weighted by Crippen LogP contribution is 2.20. The summed E-state index contributed by atoms with van der Waals surface area (Å²) in [4.78, 5) is 19.9. The SMILES string of the molecule is C=C(C(=O)[O-])C(CC)CCCCC.C=CCC(=O)[O-]. The van der Waals surface area contributed by atoms with Crippen molar-refractivity contribution in [2.75, 3.05) is 0 Å². The Morgan fingerprint density at radius 1 is 1.21 bits per heavy atom.